The lowest BCUT2D eigenvalue weighted by Gasteiger charge is -2.45. The molecule has 1 fully saturated rings. The highest BCUT2D eigenvalue weighted by molar-refractivity contribution is 7.80. The molecule has 2 heterocycles. The Balaban J connectivity index is 2.16. The Hall–Kier alpha value is -1.60. The molecule has 8 heteroatoms. The van der Waals surface area contributed by atoms with Crippen LogP contribution in [0.15, 0.2) is 12.1 Å². The molecule has 1 aromatic rings. The van der Waals surface area contributed by atoms with Gasteiger partial charge in [0.1, 0.15) is 10.8 Å². The van der Waals surface area contributed by atoms with Crippen molar-refractivity contribution in [2.75, 3.05) is 0 Å². The van der Waals surface area contributed by atoms with Gasteiger partial charge >= 0.3 is 0 Å². The predicted molar refractivity (Wildman–Crippen MR) is 73.4 cm³/mol. The number of nitrogens with one attached hydrogen (secondary N) is 2. The van der Waals surface area contributed by atoms with Crippen LogP contribution in [-0.4, -0.2) is 15.8 Å². The highest BCUT2D eigenvalue weighted by atomic mass is 35.5. The second-order valence-corrected chi connectivity index (χ2v) is 5.54. The minimum absolute atomic E-state index is 0.103. The van der Waals surface area contributed by atoms with Gasteiger partial charge in [-0.1, -0.05) is 11.6 Å². The maximum absolute atomic E-state index is 10.9. The molecule has 2 atom stereocenters. The summed E-state index contributed by atoms with van der Waals surface area (Å²) >= 11 is 11.2. The van der Waals surface area contributed by atoms with E-state index < -0.39 is 10.6 Å². The summed E-state index contributed by atoms with van der Waals surface area (Å²) in [6.07, 6.45) is 0.584. The Morgan fingerprint density at radius 2 is 2.37 bits per heavy atom. The number of hydrogen-bond donors (Lipinski definition) is 2. The fourth-order valence-electron chi connectivity index (χ4n) is 2.53. The fourth-order valence-corrected chi connectivity index (χ4v) is 3.24. The summed E-state index contributed by atoms with van der Waals surface area (Å²) in [6, 6.07) is 2.74. The Bertz CT molecular complexity index is 609. The van der Waals surface area contributed by atoms with Gasteiger partial charge in [0.25, 0.3) is 5.69 Å². The van der Waals surface area contributed by atoms with E-state index in [1.807, 2.05) is 6.92 Å². The summed E-state index contributed by atoms with van der Waals surface area (Å²) in [6.45, 7) is 1.88. The lowest BCUT2D eigenvalue weighted by Crippen LogP contribution is -2.62. The van der Waals surface area contributed by atoms with E-state index in [0.717, 1.165) is 0 Å². The van der Waals surface area contributed by atoms with Gasteiger partial charge in [0.05, 0.1) is 11.0 Å². The van der Waals surface area contributed by atoms with Gasteiger partial charge in [-0.05, 0) is 25.2 Å². The van der Waals surface area contributed by atoms with Gasteiger partial charge in [0.15, 0.2) is 10.8 Å². The fraction of sp³-hybridized carbons (Fsp3) is 0.364. The maximum atomic E-state index is 10.9. The van der Waals surface area contributed by atoms with Crippen molar-refractivity contribution in [3.63, 3.8) is 0 Å². The number of thiocarbonyl (C=S) groups is 1. The zero-order valence-corrected chi connectivity index (χ0v) is 11.5. The lowest BCUT2D eigenvalue weighted by atomic mass is 9.91. The summed E-state index contributed by atoms with van der Waals surface area (Å²) < 4.78 is 5.83. The molecule has 2 aliphatic heterocycles. The molecule has 0 amide bonds. The number of nitrogens with zero attached hydrogens (tertiary/aromatic N) is 1. The molecule has 6 nitrogen and oxygen atoms in total. The Labute approximate surface area is 119 Å². The van der Waals surface area contributed by atoms with Crippen LogP contribution in [0.3, 0.4) is 0 Å². The van der Waals surface area contributed by atoms with Crippen molar-refractivity contribution < 1.29 is 9.66 Å². The van der Waals surface area contributed by atoms with Crippen molar-refractivity contribution in [3.05, 3.63) is 32.8 Å². The number of nitro groups is 1. The first-order valence-electron chi connectivity index (χ1n) is 5.64. The van der Waals surface area contributed by atoms with Crippen molar-refractivity contribution in [3.8, 4) is 5.75 Å². The van der Waals surface area contributed by atoms with E-state index in [0.29, 0.717) is 22.8 Å². The average Bonchev–Trinajstić information content (AvgIpc) is 2.25. The summed E-state index contributed by atoms with van der Waals surface area (Å²) in [5, 5.41) is 17.6. The van der Waals surface area contributed by atoms with E-state index in [9.17, 15) is 10.1 Å². The molecule has 100 valence electrons. The van der Waals surface area contributed by atoms with Crippen LogP contribution in [0, 0.1) is 10.1 Å². The van der Waals surface area contributed by atoms with Crippen molar-refractivity contribution in [1.82, 2.24) is 10.6 Å². The number of ether oxygens (including phenoxy) is 1. The molecule has 19 heavy (non-hydrogen) atoms. The minimum Gasteiger partial charge on any atom is -0.468 e. The third-order valence-electron chi connectivity index (χ3n) is 3.28. The van der Waals surface area contributed by atoms with Crippen LogP contribution in [0.1, 0.15) is 24.9 Å². The number of fused-ring (bicyclic) bond motifs is 4. The van der Waals surface area contributed by atoms with E-state index in [4.69, 9.17) is 28.6 Å². The van der Waals surface area contributed by atoms with Gasteiger partial charge in [0.2, 0.25) is 0 Å². The smallest absolute Gasteiger partial charge is 0.288 e. The summed E-state index contributed by atoms with van der Waals surface area (Å²) in [7, 11) is 0. The zero-order valence-electron chi connectivity index (χ0n) is 9.90. The van der Waals surface area contributed by atoms with E-state index >= 15 is 0 Å². The maximum Gasteiger partial charge on any atom is 0.288 e. The Kier molecular flexibility index (Phi) is 2.58. The Morgan fingerprint density at radius 3 is 3.05 bits per heavy atom. The highest BCUT2D eigenvalue weighted by Crippen LogP contribution is 2.46. The number of hydrogen-bond acceptors (Lipinski definition) is 4. The minimum atomic E-state index is -0.612. The molecule has 2 aliphatic rings. The van der Waals surface area contributed by atoms with Gasteiger partial charge in [0, 0.05) is 18.1 Å². The zero-order chi connectivity index (χ0) is 13.8. The third kappa shape index (κ3) is 1.89. The highest BCUT2D eigenvalue weighted by Gasteiger charge is 2.44. The van der Waals surface area contributed by atoms with Crippen molar-refractivity contribution in [2.45, 2.75) is 25.1 Å². The van der Waals surface area contributed by atoms with E-state index in [-0.39, 0.29) is 16.8 Å². The molecule has 3 rings (SSSR count). The molecule has 2 N–H and O–H groups in total. The molecule has 0 aromatic heterocycles. The second-order valence-electron chi connectivity index (χ2n) is 4.76. The van der Waals surface area contributed by atoms with Gasteiger partial charge in [-0.3, -0.25) is 10.1 Å². The molecule has 0 aliphatic carbocycles. The van der Waals surface area contributed by atoms with E-state index in [1.165, 1.54) is 6.07 Å². The lowest BCUT2D eigenvalue weighted by molar-refractivity contribution is -0.384. The van der Waals surface area contributed by atoms with Crippen molar-refractivity contribution >= 4 is 34.6 Å². The standard InChI is InChI=1S/C11H10ClN3O3S/c1-11-4-5(13-10(19)14-11)8-7(18-11)3-2-6(9(8)12)15(16)17/h2-3,5H,4H2,1H3,(H2,13,14,19). The first-order valence-corrected chi connectivity index (χ1v) is 6.43. The van der Waals surface area contributed by atoms with Gasteiger partial charge < -0.3 is 15.4 Å². The van der Waals surface area contributed by atoms with Crippen LogP contribution < -0.4 is 15.4 Å². The molecule has 1 saturated heterocycles. The molecular formula is C11H10ClN3O3S. The van der Waals surface area contributed by atoms with Crippen LogP contribution >= 0.6 is 23.8 Å². The van der Waals surface area contributed by atoms with Crippen LogP contribution in [0.2, 0.25) is 5.02 Å². The summed E-state index contributed by atoms with van der Waals surface area (Å²) in [5.74, 6) is 0.539. The quantitative estimate of drug-likeness (QED) is 0.471. The second kappa shape index (κ2) is 3.94. The van der Waals surface area contributed by atoms with Crippen LogP contribution in [0.25, 0.3) is 0 Å². The first-order chi connectivity index (χ1) is 8.89. The molecule has 0 saturated carbocycles. The number of nitro benzene ring substituents is 1. The number of rotatable bonds is 1. The molecule has 0 radical (unpaired) electrons. The van der Waals surface area contributed by atoms with Gasteiger partial charge in [-0.15, -0.1) is 0 Å². The molecular weight excluding hydrogens is 290 g/mol. The Morgan fingerprint density at radius 1 is 1.63 bits per heavy atom. The van der Waals surface area contributed by atoms with E-state index in [1.54, 1.807) is 6.07 Å². The normalized spacial score (nSPS) is 27.7. The SMILES string of the molecule is CC12CC(NC(=S)N1)c1c(ccc([N+](=O)[O-])c1Cl)O2. The molecule has 2 bridgehead atoms. The molecule has 1 aromatic carbocycles. The molecule has 0 spiro atoms. The van der Waals surface area contributed by atoms with E-state index in [2.05, 4.69) is 10.6 Å². The predicted octanol–water partition coefficient (Wildman–Crippen LogP) is 2.27. The van der Waals surface area contributed by atoms with Gasteiger partial charge in [-0.2, -0.15) is 0 Å². The number of benzene rings is 1. The van der Waals surface area contributed by atoms with Crippen molar-refractivity contribution in [1.29, 1.82) is 0 Å². The van der Waals surface area contributed by atoms with Gasteiger partial charge in [-0.25, -0.2) is 0 Å². The average molecular weight is 300 g/mol. The van der Waals surface area contributed by atoms with Crippen LogP contribution in [-0.2, 0) is 0 Å². The summed E-state index contributed by atoms with van der Waals surface area (Å²) in [5.41, 5.74) is -0.143. The topological polar surface area (TPSA) is 76.4 Å². The third-order valence-corrected chi connectivity index (χ3v) is 3.89. The largest absolute Gasteiger partial charge is 0.468 e. The number of halogens is 1. The molecule has 2 unspecified atom stereocenters. The first kappa shape index (κ1) is 12.4. The van der Waals surface area contributed by atoms with Crippen molar-refractivity contribution in [2.24, 2.45) is 0 Å². The monoisotopic (exact) mass is 299 g/mol. The van der Waals surface area contributed by atoms with Crippen LogP contribution in [0.5, 0.6) is 5.75 Å². The summed E-state index contributed by atoms with van der Waals surface area (Å²) in [4.78, 5) is 10.4. The van der Waals surface area contributed by atoms with Crippen LogP contribution in [0.4, 0.5) is 5.69 Å².